The van der Waals surface area contributed by atoms with Gasteiger partial charge in [-0.1, -0.05) is 6.07 Å². The number of carbonyl (C=O) groups is 1. The van der Waals surface area contributed by atoms with Crippen molar-refractivity contribution in [2.45, 2.75) is 31.6 Å². The fraction of sp³-hybridized carbons (Fsp3) is 0.533. The van der Waals surface area contributed by atoms with Gasteiger partial charge in [0, 0.05) is 30.7 Å². The Morgan fingerprint density at radius 2 is 2.00 bits per heavy atom. The van der Waals surface area contributed by atoms with Crippen molar-refractivity contribution in [2.75, 3.05) is 25.9 Å². The maximum absolute atomic E-state index is 12.2. The first kappa shape index (κ1) is 16.9. The Hall–Kier alpha value is -1.20. The van der Waals surface area contributed by atoms with Crippen LogP contribution in [0.15, 0.2) is 23.1 Å². The Balaban J connectivity index is 2.50. The van der Waals surface area contributed by atoms with Crippen LogP contribution in [0.1, 0.15) is 24.0 Å². The number of aryl methyl sites for hydroxylation is 2. The van der Waals surface area contributed by atoms with E-state index in [9.17, 15) is 9.00 Å². The fourth-order valence-corrected chi connectivity index (χ4v) is 2.92. The Labute approximate surface area is 123 Å². The van der Waals surface area contributed by atoms with Crippen LogP contribution in [0.3, 0.4) is 0 Å². The zero-order valence-electron chi connectivity index (χ0n) is 12.5. The van der Waals surface area contributed by atoms with Gasteiger partial charge < -0.3 is 10.6 Å². The van der Waals surface area contributed by atoms with Gasteiger partial charge in [0.2, 0.25) is 5.91 Å². The van der Waals surface area contributed by atoms with E-state index in [2.05, 4.69) is 0 Å². The molecule has 1 rings (SSSR count). The summed E-state index contributed by atoms with van der Waals surface area (Å²) in [5.41, 5.74) is 7.73. The third kappa shape index (κ3) is 5.06. The summed E-state index contributed by atoms with van der Waals surface area (Å²) in [7, 11) is 0.644. The highest BCUT2D eigenvalue weighted by Crippen LogP contribution is 2.14. The largest absolute Gasteiger partial charge is 0.346 e. The molecule has 0 aliphatic heterocycles. The quantitative estimate of drug-likeness (QED) is 0.831. The summed E-state index contributed by atoms with van der Waals surface area (Å²) in [6.07, 6.45) is 1.10. The molecule has 0 fully saturated rings. The van der Waals surface area contributed by atoms with E-state index in [4.69, 9.17) is 5.73 Å². The molecular formula is C15H24N2O2S. The summed E-state index contributed by atoms with van der Waals surface area (Å²) in [4.78, 5) is 14.3. The number of carbonyl (C=O) groups excluding carboxylic acids is 1. The first-order chi connectivity index (χ1) is 9.45. The Morgan fingerprint density at radius 1 is 1.30 bits per heavy atom. The molecule has 0 bridgehead atoms. The molecule has 5 heteroatoms. The molecule has 1 amide bonds. The lowest BCUT2D eigenvalue weighted by Gasteiger charge is -2.16. The smallest absolute Gasteiger partial charge is 0.223 e. The molecule has 0 aliphatic rings. The summed E-state index contributed by atoms with van der Waals surface area (Å²) in [5, 5.41) is 0. The second-order valence-electron chi connectivity index (χ2n) is 5.00. The molecule has 0 radical (unpaired) electrons. The van der Waals surface area contributed by atoms with E-state index in [0.717, 1.165) is 16.9 Å². The Bertz CT molecular complexity index is 489. The number of nitrogens with zero attached hydrogens (tertiary/aromatic N) is 1. The number of amides is 1. The molecule has 1 atom stereocenters. The van der Waals surface area contributed by atoms with Gasteiger partial charge >= 0.3 is 0 Å². The van der Waals surface area contributed by atoms with Crippen molar-refractivity contribution < 1.29 is 9.00 Å². The zero-order chi connectivity index (χ0) is 15.1. The molecular weight excluding hydrogens is 272 g/mol. The molecule has 0 saturated carbocycles. The number of rotatable bonds is 7. The van der Waals surface area contributed by atoms with Crippen LogP contribution in [-0.2, 0) is 15.6 Å². The van der Waals surface area contributed by atoms with E-state index in [1.54, 1.807) is 11.9 Å². The lowest BCUT2D eigenvalue weighted by atomic mass is 10.1. The topological polar surface area (TPSA) is 63.4 Å². The van der Waals surface area contributed by atoms with E-state index >= 15 is 0 Å². The van der Waals surface area contributed by atoms with Crippen molar-refractivity contribution in [3.63, 3.8) is 0 Å². The van der Waals surface area contributed by atoms with E-state index < -0.39 is 10.8 Å². The summed E-state index contributed by atoms with van der Waals surface area (Å²) >= 11 is 0. The molecule has 2 N–H and O–H groups in total. The van der Waals surface area contributed by atoms with Gasteiger partial charge in [-0.15, -0.1) is 0 Å². The number of hydrogen-bond donors (Lipinski definition) is 1. The SMILES string of the molecule is Cc1ccc(S(=O)CCC(=O)N(C)CCCN)cc1C. The number of benzene rings is 1. The summed E-state index contributed by atoms with van der Waals surface area (Å²) < 4.78 is 12.2. The molecule has 1 aromatic carbocycles. The van der Waals surface area contributed by atoms with Crippen LogP contribution < -0.4 is 5.73 Å². The molecule has 0 aliphatic carbocycles. The molecule has 0 aromatic heterocycles. The monoisotopic (exact) mass is 296 g/mol. The Morgan fingerprint density at radius 3 is 2.60 bits per heavy atom. The van der Waals surface area contributed by atoms with Gasteiger partial charge in [0.25, 0.3) is 0 Å². The molecule has 0 spiro atoms. The standard InChI is InChI=1S/C15H24N2O2S/c1-12-5-6-14(11-13(12)2)20(19)10-7-15(18)17(3)9-4-8-16/h5-6,11H,4,7-10,16H2,1-3H3. The van der Waals surface area contributed by atoms with Gasteiger partial charge in [0.15, 0.2) is 0 Å². The third-order valence-electron chi connectivity index (χ3n) is 3.37. The average Bonchev–Trinajstić information content (AvgIpc) is 2.44. The molecule has 1 unspecified atom stereocenters. The normalized spacial score (nSPS) is 12.2. The van der Waals surface area contributed by atoms with E-state index in [-0.39, 0.29) is 5.91 Å². The van der Waals surface area contributed by atoms with Crippen molar-refractivity contribution in [3.05, 3.63) is 29.3 Å². The fourth-order valence-electron chi connectivity index (χ4n) is 1.80. The van der Waals surface area contributed by atoms with Gasteiger partial charge in [0.1, 0.15) is 0 Å². The van der Waals surface area contributed by atoms with Crippen LogP contribution in [0.4, 0.5) is 0 Å². The third-order valence-corrected chi connectivity index (χ3v) is 4.72. The van der Waals surface area contributed by atoms with Crippen LogP contribution in [0.25, 0.3) is 0 Å². The van der Waals surface area contributed by atoms with Crippen LogP contribution in [-0.4, -0.2) is 40.9 Å². The van der Waals surface area contributed by atoms with Crippen LogP contribution in [0.5, 0.6) is 0 Å². The predicted octanol–water partition coefficient (Wildman–Crippen LogP) is 1.61. The van der Waals surface area contributed by atoms with E-state index in [1.807, 2.05) is 32.0 Å². The summed E-state index contributed by atoms with van der Waals surface area (Å²) in [6, 6.07) is 5.78. The molecule has 4 nitrogen and oxygen atoms in total. The van der Waals surface area contributed by atoms with Crippen LogP contribution in [0.2, 0.25) is 0 Å². The average molecular weight is 296 g/mol. The van der Waals surface area contributed by atoms with E-state index in [1.165, 1.54) is 5.56 Å². The summed E-state index contributed by atoms with van der Waals surface area (Å²) in [5.74, 6) is 0.393. The molecule has 1 aromatic rings. The van der Waals surface area contributed by atoms with Gasteiger partial charge in [-0.3, -0.25) is 9.00 Å². The van der Waals surface area contributed by atoms with Gasteiger partial charge in [0.05, 0.1) is 10.8 Å². The zero-order valence-corrected chi connectivity index (χ0v) is 13.3. The van der Waals surface area contributed by atoms with Crippen molar-refractivity contribution in [1.82, 2.24) is 4.90 Å². The second kappa shape index (κ2) is 8.17. The predicted molar refractivity (Wildman–Crippen MR) is 83.1 cm³/mol. The molecule has 20 heavy (non-hydrogen) atoms. The first-order valence-electron chi connectivity index (χ1n) is 6.85. The molecule has 0 heterocycles. The number of hydrogen-bond acceptors (Lipinski definition) is 3. The Kier molecular flexibility index (Phi) is 6.88. The lowest BCUT2D eigenvalue weighted by molar-refractivity contribution is -0.129. The van der Waals surface area contributed by atoms with Crippen molar-refractivity contribution in [3.8, 4) is 0 Å². The maximum Gasteiger partial charge on any atom is 0.223 e. The van der Waals surface area contributed by atoms with Gasteiger partial charge in [-0.05, 0) is 50.1 Å². The number of nitrogens with two attached hydrogens (primary N) is 1. The lowest BCUT2D eigenvalue weighted by Crippen LogP contribution is -2.29. The van der Waals surface area contributed by atoms with Gasteiger partial charge in [-0.25, -0.2) is 0 Å². The molecule has 0 saturated heterocycles. The minimum absolute atomic E-state index is 0.0237. The van der Waals surface area contributed by atoms with Crippen LogP contribution in [0, 0.1) is 13.8 Å². The maximum atomic E-state index is 12.2. The highest BCUT2D eigenvalue weighted by molar-refractivity contribution is 7.85. The van der Waals surface area contributed by atoms with E-state index in [0.29, 0.717) is 25.3 Å². The van der Waals surface area contributed by atoms with Crippen LogP contribution >= 0.6 is 0 Å². The summed E-state index contributed by atoms with van der Waals surface area (Å²) in [6.45, 7) is 5.26. The highest BCUT2D eigenvalue weighted by atomic mass is 32.2. The molecule has 112 valence electrons. The first-order valence-corrected chi connectivity index (χ1v) is 8.17. The van der Waals surface area contributed by atoms with Gasteiger partial charge in [-0.2, -0.15) is 0 Å². The van der Waals surface area contributed by atoms with Crippen molar-refractivity contribution >= 4 is 16.7 Å². The second-order valence-corrected chi connectivity index (χ2v) is 6.57. The minimum Gasteiger partial charge on any atom is -0.346 e. The highest BCUT2D eigenvalue weighted by Gasteiger charge is 2.11. The van der Waals surface area contributed by atoms with Crippen molar-refractivity contribution in [1.29, 1.82) is 0 Å². The minimum atomic E-state index is -1.12. The van der Waals surface area contributed by atoms with Crippen molar-refractivity contribution in [2.24, 2.45) is 5.73 Å².